The Morgan fingerprint density at radius 1 is 1.33 bits per heavy atom. The molecule has 0 radical (unpaired) electrons. The van der Waals surface area contributed by atoms with Gasteiger partial charge in [-0.3, -0.25) is 0 Å². The number of nitrogens with one attached hydrogen (secondary N) is 1. The van der Waals surface area contributed by atoms with Crippen molar-refractivity contribution >= 4 is 0 Å². The van der Waals surface area contributed by atoms with E-state index in [1.807, 2.05) is 0 Å². The van der Waals surface area contributed by atoms with E-state index in [0.29, 0.717) is 11.3 Å². The van der Waals surface area contributed by atoms with Crippen LogP contribution in [-0.4, -0.2) is 13.7 Å². The van der Waals surface area contributed by atoms with Gasteiger partial charge in [0, 0.05) is 17.7 Å². The lowest BCUT2D eigenvalue weighted by molar-refractivity contribution is 0.394. The van der Waals surface area contributed by atoms with Crippen molar-refractivity contribution in [3.05, 3.63) is 29.3 Å². The minimum absolute atomic E-state index is 0.0787. The van der Waals surface area contributed by atoms with Gasteiger partial charge in [-0.15, -0.1) is 0 Å². The molecule has 0 amide bonds. The largest absolute Gasteiger partial charge is 0.496 e. The average molecular weight is 213 g/mol. The third-order valence-electron chi connectivity index (χ3n) is 2.71. The van der Waals surface area contributed by atoms with E-state index in [1.54, 1.807) is 0 Å². The zero-order chi connectivity index (χ0) is 10.8. The second-order valence-corrected chi connectivity index (χ2v) is 3.66. The van der Waals surface area contributed by atoms with Crippen LogP contribution in [0.5, 0.6) is 5.75 Å². The Labute approximate surface area is 87.2 Å². The predicted molar refractivity (Wildman–Crippen MR) is 52.9 cm³/mol. The fourth-order valence-electron chi connectivity index (χ4n) is 1.94. The van der Waals surface area contributed by atoms with Gasteiger partial charge >= 0.3 is 0 Å². The molecule has 1 heterocycles. The molecule has 2 nitrogen and oxygen atoms in total. The van der Waals surface area contributed by atoms with Crippen LogP contribution in [0.4, 0.5) is 8.78 Å². The monoisotopic (exact) mass is 213 g/mol. The van der Waals surface area contributed by atoms with Crippen LogP contribution in [0.2, 0.25) is 0 Å². The quantitative estimate of drug-likeness (QED) is 0.814. The average Bonchev–Trinajstić information content (AvgIpc) is 2.74. The number of ether oxygens (including phenoxy) is 1. The molecule has 0 saturated carbocycles. The summed E-state index contributed by atoms with van der Waals surface area (Å²) in [5.41, 5.74) is 0.703. The van der Waals surface area contributed by atoms with Crippen molar-refractivity contribution in [2.45, 2.75) is 18.9 Å². The Morgan fingerprint density at radius 2 is 2.07 bits per heavy atom. The van der Waals surface area contributed by atoms with E-state index in [9.17, 15) is 8.78 Å². The molecule has 0 aromatic heterocycles. The second-order valence-electron chi connectivity index (χ2n) is 3.66. The van der Waals surface area contributed by atoms with Crippen LogP contribution in [0.1, 0.15) is 24.4 Å². The van der Waals surface area contributed by atoms with Crippen molar-refractivity contribution in [2.24, 2.45) is 0 Å². The molecule has 0 spiro atoms. The van der Waals surface area contributed by atoms with Gasteiger partial charge < -0.3 is 10.1 Å². The summed E-state index contributed by atoms with van der Waals surface area (Å²) >= 11 is 0. The lowest BCUT2D eigenvalue weighted by Crippen LogP contribution is -2.14. The number of halogens is 2. The Hall–Kier alpha value is -1.16. The van der Waals surface area contributed by atoms with Crippen molar-refractivity contribution in [2.75, 3.05) is 13.7 Å². The molecule has 82 valence electrons. The minimum atomic E-state index is -0.867. The molecule has 1 fully saturated rings. The Balaban J connectivity index is 2.39. The fraction of sp³-hybridized carbons (Fsp3) is 0.455. The van der Waals surface area contributed by atoms with E-state index in [-0.39, 0.29) is 6.04 Å². The van der Waals surface area contributed by atoms with Crippen molar-refractivity contribution in [1.29, 1.82) is 0 Å². The number of methoxy groups -OCH3 is 1. The molecule has 0 unspecified atom stereocenters. The van der Waals surface area contributed by atoms with E-state index in [4.69, 9.17) is 4.74 Å². The molecule has 1 N–H and O–H groups in total. The molecule has 1 aliphatic heterocycles. The third-order valence-corrected chi connectivity index (χ3v) is 2.71. The summed E-state index contributed by atoms with van der Waals surface area (Å²) in [6.07, 6.45) is 1.98. The molecule has 1 aromatic carbocycles. The van der Waals surface area contributed by atoms with Gasteiger partial charge in [0.2, 0.25) is 0 Å². The van der Waals surface area contributed by atoms with Crippen LogP contribution in [-0.2, 0) is 0 Å². The molecule has 1 atom stereocenters. The second kappa shape index (κ2) is 4.14. The summed E-state index contributed by atoms with van der Waals surface area (Å²) in [4.78, 5) is 0. The van der Waals surface area contributed by atoms with Crippen LogP contribution >= 0.6 is 0 Å². The summed E-state index contributed by atoms with van der Waals surface area (Å²) in [7, 11) is 1.46. The highest BCUT2D eigenvalue weighted by molar-refractivity contribution is 5.37. The first-order valence-electron chi connectivity index (χ1n) is 4.98. The molecule has 0 aliphatic carbocycles. The van der Waals surface area contributed by atoms with E-state index in [0.717, 1.165) is 25.5 Å². The van der Waals surface area contributed by atoms with E-state index < -0.39 is 11.6 Å². The van der Waals surface area contributed by atoms with E-state index in [1.165, 1.54) is 13.2 Å². The first kappa shape index (κ1) is 10.4. The number of hydrogen-bond donors (Lipinski definition) is 1. The summed E-state index contributed by atoms with van der Waals surface area (Å²) in [6, 6.07) is 2.40. The Morgan fingerprint density at radius 3 is 2.67 bits per heavy atom. The van der Waals surface area contributed by atoms with Gasteiger partial charge in [-0.1, -0.05) is 0 Å². The predicted octanol–water partition coefficient (Wildman–Crippen LogP) is 2.40. The van der Waals surface area contributed by atoms with Gasteiger partial charge in [0.05, 0.1) is 7.11 Å². The highest BCUT2D eigenvalue weighted by Gasteiger charge is 2.21. The summed E-state index contributed by atoms with van der Waals surface area (Å²) < 4.78 is 31.1. The number of hydrogen-bond acceptors (Lipinski definition) is 2. The standard InChI is InChI=1S/C11H13F2NO/c1-15-11-6-9(13)8(12)5-7(11)10-3-2-4-14-10/h5-6,10,14H,2-4H2,1H3/t10-/m0/s1. The highest BCUT2D eigenvalue weighted by Crippen LogP contribution is 2.32. The summed E-state index contributed by atoms with van der Waals surface area (Å²) in [6.45, 7) is 0.910. The maximum atomic E-state index is 13.1. The van der Waals surface area contributed by atoms with Gasteiger partial charge in [-0.2, -0.15) is 0 Å². The fourth-order valence-corrected chi connectivity index (χ4v) is 1.94. The van der Waals surface area contributed by atoms with Crippen molar-refractivity contribution < 1.29 is 13.5 Å². The van der Waals surface area contributed by atoms with Crippen LogP contribution in [0.15, 0.2) is 12.1 Å². The van der Waals surface area contributed by atoms with Crippen LogP contribution in [0.25, 0.3) is 0 Å². The summed E-state index contributed by atoms with van der Waals surface area (Å²) in [5, 5.41) is 3.23. The molecule has 0 bridgehead atoms. The lowest BCUT2D eigenvalue weighted by Gasteiger charge is -2.15. The van der Waals surface area contributed by atoms with Gasteiger partial charge in [-0.25, -0.2) is 8.78 Å². The highest BCUT2D eigenvalue weighted by atomic mass is 19.2. The SMILES string of the molecule is COc1cc(F)c(F)cc1[C@@H]1CCCN1. The molecule has 15 heavy (non-hydrogen) atoms. The van der Waals surface area contributed by atoms with Crippen molar-refractivity contribution in [3.8, 4) is 5.75 Å². The van der Waals surface area contributed by atoms with Gasteiger partial charge in [0.15, 0.2) is 11.6 Å². The van der Waals surface area contributed by atoms with Crippen LogP contribution in [0.3, 0.4) is 0 Å². The zero-order valence-electron chi connectivity index (χ0n) is 8.52. The van der Waals surface area contributed by atoms with Crippen LogP contribution in [0, 0.1) is 11.6 Å². The maximum absolute atomic E-state index is 13.1. The molecule has 4 heteroatoms. The number of benzene rings is 1. The first-order chi connectivity index (χ1) is 7.22. The smallest absolute Gasteiger partial charge is 0.162 e. The zero-order valence-corrected chi connectivity index (χ0v) is 8.52. The van der Waals surface area contributed by atoms with E-state index >= 15 is 0 Å². The lowest BCUT2D eigenvalue weighted by atomic mass is 10.0. The normalized spacial score (nSPS) is 20.6. The van der Waals surface area contributed by atoms with Crippen LogP contribution < -0.4 is 10.1 Å². The van der Waals surface area contributed by atoms with Gasteiger partial charge in [0.25, 0.3) is 0 Å². The Kier molecular flexibility index (Phi) is 2.86. The molecule has 2 rings (SSSR count). The molecular formula is C11H13F2NO. The van der Waals surface area contributed by atoms with Gasteiger partial charge in [0.1, 0.15) is 5.75 Å². The maximum Gasteiger partial charge on any atom is 0.162 e. The number of rotatable bonds is 2. The third kappa shape index (κ3) is 1.95. The molecule has 1 aliphatic rings. The molecule has 1 aromatic rings. The molecule has 1 saturated heterocycles. The van der Waals surface area contributed by atoms with E-state index in [2.05, 4.69) is 5.32 Å². The Bertz CT molecular complexity index is 362. The molecular weight excluding hydrogens is 200 g/mol. The topological polar surface area (TPSA) is 21.3 Å². The minimum Gasteiger partial charge on any atom is -0.496 e. The van der Waals surface area contributed by atoms with Crippen molar-refractivity contribution in [3.63, 3.8) is 0 Å². The first-order valence-corrected chi connectivity index (χ1v) is 4.98. The summed E-state index contributed by atoms with van der Waals surface area (Å²) in [5.74, 6) is -1.28. The van der Waals surface area contributed by atoms with Crippen molar-refractivity contribution in [1.82, 2.24) is 5.32 Å². The van der Waals surface area contributed by atoms with Gasteiger partial charge in [-0.05, 0) is 25.5 Å².